The number of ether oxygens (including phenoxy) is 3. The first kappa shape index (κ1) is 18.2. The highest BCUT2D eigenvalue weighted by Crippen LogP contribution is 2.25. The molecule has 4 unspecified atom stereocenters. The molecular formula is C13H27NO5S. The number of nitrogens with two attached hydrogens (primary N) is 1. The fraction of sp³-hybridized carbons (Fsp3) is 1.00. The fourth-order valence-electron chi connectivity index (χ4n) is 2.18. The van der Waals surface area contributed by atoms with Gasteiger partial charge in [0.2, 0.25) is 0 Å². The van der Waals surface area contributed by atoms with E-state index in [9.17, 15) is 10.2 Å². The molecule has 0 aromatic carbocycles. The van der Waals surface area contributed by atoms with Gasteiger partial charge < -0.3 is 30.2 Å². The molecule has 1 aliphatic heterocycles. The lowest BCUT2D eigenvalue weighted by Crippen LogP contribution is -2.58. The molecule has 1 aliphatic rings. The van der Waals surface area contributed by atoms with E-state index in [1.807, 2.05) is 6.92 Å². The first-order chi connectivity index (χ1) is 9.65. The molecule has 0 amide bonds. The number of methoxy groups -OCH3 is 1. The summed E-state index contributed by atoms with van der Waals surface area (Å²) >= 11 is 1.77. The van der Waals surface area contributed by atoms with E-state index in [2.05, 4.69) is 0 Å². The lowest BCUT2D eigenvalue weighted by atomic mass is 9.97. The summed E-state index contributed by atoms with van der Waals surface area (Å²) in [4.78, 5) is 0. The van der Waals surface area contributed by atoms with E-state index < -0.39 is 30.7 Å². The third-order valence-corrected chi connectivity index (χ3v) is 4.39. The minimum atomic E-state index is -0.990. The SMILES string of the molecule is CCC1OC(OC)C(OCCCSCCN)C(O)[C@@H]1O. The predicted octanol–water partition coefficient (Wildman–Crippen LogP) is -0.0433. The highest BCUT2D eigenvalue weighted by atomic mass is 32.2. The van der Waals surface area contributed by atoms with Gasteiger partial charge in [-0.15, -0.1) is 0 Å². The number of aliphatic hydroxyl groups is 2. The molecule has 7 heteroatoms. The van der Waals surface area contributed by atoms with Crippen molar-refractivity contribution in [1.82, 2.24) is 0 Å². The average Bonchev–Trinajstić information content (AvgIpc) is 2.47. The summed E-state index contributed by atoms with van der Waals surface area (Å²) in [6, 6.07) is 0. The molecule has 6 nitrogen and oxygen atoms in total. The van der Waals surface area contributed by atoms with Crippen LogP contribution in [0.1, 0.15) is 19.8 Å². The Labute approximate surface area is 125 Å². The van der Waals surface area contributed by atoms with Crippen LogP contribution in [0.2, 0.25) is 0 Å². The third kappa shape index (κ3) is 5.14. The number of rotatable bonds is 9. The van der Waals surface area contributed by atoms with E-state index >= 15 is 0 Å². The van der Waals surface area contributed by atoms with Crippen LogP contribution in [-0.4, -0.2) is 72.7 Å². The molecule has 1 heterocycles. The van der Waals surface area contributed by atoms with Crippen LogP contribution in [0.5, 0.6) is 0 Å². The van der Waals surface area contributed by atoms with Crippen molar-refractivity contribution >= 4 is 11.8 Å². The first-order valence-corrected chi connectivity index (χ1v) is 8.25. The Balaban J connectivity index is 2.37. The van der Waals surface area contributed by atoms with E-state index in [1.165, 1.54) is 7.11 Å². The first-order valence-electron chi connectivity index (χ1n) is 7.09. The Bertz CT molecular complexity index is 257. The molecule has 0 radical (unpaired) electrons. The van der Waals surface area contributed by atoms with Crippen molar-refractivity contribution in [2.45, 2.75) is 50.5 Å². The second-order valence-electron chi connectivity index (χ2n) is 4.76. The van der Waals surface area contributed by atoms with Gasteiger partial charge in [-0.05, 0) is 18.6 Å². The van der Waals surface area contributed by atoms with Crippen LogP contribution in [0, 0.1) is 0 Å². The van der Waals surface area contributed by atoms with Crippen molar-refractivity contribution in [1.29, 1.82) is 0 Å². The summed E-state index contributed by atoms with van der Waals surface area (Å²) < 4.78 is 16.4. The summed E-state index contributed by atoms with van der Waals surface area (Å²) in [5.41, 5.74) is 5.41. The van der Waals surface area contributed by atoms with Gasteiger partial charge in [-0.3, -0.25) is 0 Å². The molecule has 0 aromatic rings. The summed E-state index contributed by atoms with van der Waals surface area (Å²) in [6.07, 6.45) is -2.18. The average molecular weight is 309 g/mol. The molecule has 4 N–H and O–H groups in total. The molecule has 1 rings (SSSR count). The topological polar surface area (TPSA) is 94.2 Å². The second kappa shape index (κ2) is 9.94. The largest absolute Gasteiger partial charge is 0.388 e. The van der Waals surface area contributed by atoms with Crippen molar-refractivity contribution in [2.24, 2.45) is 5.73 Å². The normalized spacial score (nSPS) is 34.4. The van der Waals surface area contributed by atoms with Crippen LogP contribution in [-0.2, 0) is 14.2 Å². The molecule has 0 spiro atoms. The minimum Gasteiger partial charge on any atom is -0.388 e. The zero-order chi connectivity index (χ0) is 15.0. The van der Waals surface area contributed by atoms with Gasteiger partial charge in [-0.1, -0.05) is 6.92 Å². The highest BCUT2D eigenvalue weighted by Gasteiger charge is 2.44. The van der Waals surface area contributed by atoms with Crippen LogP contribution >= 0.6 is 11.8 Å². The Morgan fingerprint density at radius 1 is 1.25 bits per heavy atom. The summed E-state index contributed by atoms with van der Waals surface area (Å²) in [7, 11) is 1.51. The molecule has 0 aliphatic carbocycles. The van der Waals surface area contributed by atoms with Crippen molar-refractivity contribution in [3.8, 4) is 0 Å². The molecule has 0 saturated carbocycles. The molecule has 120 valence electrons. The van der Waals surface area contributed by atoms with Gasteiger partial charge in [-0.2, -0.15) is 11.8 Å². The molecule has 20 heavy (non-hydrogen) atoms. The second-order valence-corrected chi connectivity index (χ2v) is 5.98. The number of thioether (sulfide) groups is 1. The van der Waals surface area contributed by atoms with Gasteiger partial charge in [0.25, 0.3) is 0 Å². The van der Waals surface area contributed by atoms with Gasteiger partial charge in [-0.25, -0.2) is 0 Å². The van der Waals surface area contributed by atoms with Crippen LogP contribution in [0.15, 0.2) is 0 Å². The fourth-order valence-corrected chi connectivity index (χ4v) is 2.87. The van der Waals surface area contributed by atoms with E-state index in [0.717, 1.165) is 17.9 Å². The smallest absolute Gasteiger partial charge is 0.186 e. The zero-order valence-electron chi connectivity index (χ0n) is 12.2. The van der Waals surface area contributed by atoms with E-state index in [4.69, 9.17) is 19.9 Å². The molecule has 5 atom stereocenters. The molecule has 1 fully saturated rings. The highest BCUT2D eigenvalue weighted by molar-refractivity contribution is 7.99. The number of hydrogen-bond donors (Lipinski definition) is 3. The van der Waals surface area contributed by atoms with Crippen LogP contribution in [0.4, 0.5) is 0 Å². The molecule has 0 bridgehead atoms. The lowest BCUT2D eigenvalue weighted by molar-refractivity contribution is -0.299. The maximum absolute atomic E-state index is 10.1. The maximum atomic E-state index is 10.1. The van der Waals surface area contributed by atoms with Gasteiger partial charge in [0.15, 0.2) is 6.29 Å². The minimum absolute atomic E-state index is 0.421. The standard InChI is InChI=1S/C13H27NO5S/c1-3-9-10(15)11(16)12(13(17-2)19-9)18-6-4-7-20-8-5-14/h9-13,15-16H,3-8,14H2,1-2H3/t9?,10-,11?,12?,13?/m1/s1. The van der Waals surface area contributed by atoms with E-state index in [0.29, 0.717) is 19.6 Å². The third-order valence-electron chi connectivity index (χ3n) is 3.28. The van der Waals surface area contributed by atoms with Gasteiger partial charge in [0.05, 0.1) is 6.10 Å². The monoisotopic (exact) mass is 309 g/mol. The molecular weight excluding hydrogens is 282 g/mol. The van der Waals surface area contributed by atoms with Crippen molar-refractivity contribution in [2.75, 3.05) is 31.8 Å². The van der Waals surface area contributed by atoms with Gasteiger partial charge >= 0.3 is 0 Å². The van der Waals surface area contributed by atoms with Crippen molar-refractivity contribution < 1.29 is 24.4 Å². The Morgan fingerprint density at radius 3 is 2.60 bits per heavy atom. The predicted molar refractivity (Wildman–Crippen MR) is 78.7 cm³/mol. The van der Waals surface area contributed by atoms with Crippen LogP contribution in [0.3, 0.4) is 0 Å². The molecule has 0 aromatic heterocycles. The molecule has 1 saturated heterocycles. The van der Waals surface area contributed by atoms with Crippen LogP contribution < -0.4 is 5.73 Å². The Kier molecular flexibility index (Phi) is 9.03. The zero-order valence-corrected chi connectivity index (χ0v) is 13.1. The van der Waals surface area contributed by atoms with E-state index in [-0.39, 0.29) is 0 Å². The van der Waals surface area contributed by atoms with Crippen molar-refractivity contribution in [3.63, 3.8) is 0 Å². The summed E-state index contributed by atoms with van der Waals surface area (Å²) in [6.45, 7) is 3.06. The Morgan fingerprint density at radius 2 is 2.00 bits per heavy atom. The van der Waals surface area contributed by atoms with E-state index in [1.54, 1.807) is 11.8 Å². The summed E-state index contributed by atoms with van der Waals surface area (Å²) in [5.74, 6) is 1.89. The van der Waals surface area contributed by atoms with Crippen LogP contribution in [0.25, 0.3) is 0 Å². The Hall–Kier alpha value is 0.110. The number of aliphatic hydroxyl groups excluding tert-OH is 2. The summed E-state index contributed by atoms with van der Waals surface area (Å²) in [5, 5.41) is 20.1. The number of hydrogen-bond acceptors (Lipinski definition) is 7. The lowest BCUT2D eigenvalue weighted by Gasteiger charge is -2.41. The van der Waals surface area contributed by atoms with Gasteiger partial charge in [0.1, 0.15) is 18.3 Å². The van der Waals surface area contributed by atoms with Crippen molar-refractivity contribution in [3.05, 3.63) is 0 Å². The van der Waals surface area contributed by atoms with Gasteiger partial charge in [0, 0.05) is 26.0 Å². The maximum Gasteiger partial charge on any atom is 0.186 e. The quantitative estimate of drug-likeness (QED) is 0.514.